The highest BCUT2D eigenvalue weighted by Gasteiger charge is 2.28. The van der Waals surface area contributed by atoms with Crippen LogP contribution in [0.15, 0.2) is 22.7 Å². The third kappa shape index (κ3) is 1.94. The zero-order chi connectivity index (χ0) is 11.7. The number of carbonyl (C=O) groups excluding carboxylic acids is 1. The largest absolute Gasteiger partial charge is 0.326 e. The number of nitriles is 1. The van der Waals surface area contributed by atoms with Gasteiger partial charge in [-0.15, -0.1) is 0 Å². The van der Waals surface area contributed by atoms with Gasteiger partial charge in [-0.2, -0.15) is 5.26 Å². The quantitative estimate of drug-likeness (QED) is 0.845. The van der Waals surface area contributed by atoms with Crippen molar-refractivity contribution in [2.24, 2.45) is 5.73 Å². The molecular weight excluding hydrogens is 270 g/mol. The number of amides is 1. The molecule has 1 atom stereocenters. The number of rotatable bonds is 1. The van der Waals surface area contributed by atoms with E-state index in [1.54, 1.807) is 23.1 Å². The minimum Gasteiger partial charge on any atom is -0.326 e. The van der Waals surface area contributed by atoms with Gasteiger partial charge in [0.05, 0.1) is 5.56 Å². The van der Waals surface area contributed by atoms with E-state index in [0.29, 0.717) is 18.5 Å². The third-order valence-electron chi connectivity index (χ3n) is 2.54. The van der Waals surface area contributed by atoms with E-state index >= 15 is 0 Å². The van der Waals surface area contributed by atoms with Gasteiger partial charge >= 0.3 is 0 Å². The van der Waals surface area contributed by atoms with Gasteiger partial charge in [-0.25, -0.2) is 0 Å². The van der Waals surface area contributed by atoms with Gasteiger partial charge in [0.2, 0.25) is 5.91 Å². The third-order valence-corrected chi connectivity index (χ3v) is 3.23. The topological polar surface area (TPSA) is 70.1 Å². The minimum absolute atomic E-state index is 0.0127. The first-order valence-corrected chi connectivity index (χ1v) is 5.66. The van der Waals surface area contributed by atoms with E-state index in [1.165, 1.54) is 0 Å². The fourth-order valence-corrected chi connectivity index (χ4v) is 2.09. The van der Waals surface area contributed by atoms with Crippen LogP contribution in [0.25, 0.3) is 0 Å². The molecule has 0 radical (unpaired) electrons. The summed E-state index contributed by atoms with van der Waals surface area (Å²) < 4.78 is 0.731. The maximum absolute atomic E-state index is 11.6. The molecule has 0 spiro atoms. The van der Waals surface area contributed by atoms with Crippen LogP contribution in [0, 0.1) is 11.3 Å². The van der Waals surface area contributed by atoms with E-state index in [1.807, 2.05) is 0 Å². The van der Waals surface area contributed by atoms with Crippen LogP contribution in [-0.4, -0.2) is 18.5 Å². The molecule has 82 valence electrons. The first-order chi connectivity index (χ1) is 7.61. The number of anilines is 1. The highest BCUT2D eigenvalue weighted by Crippen LogP contribution is 2.26. The van der Waals surface area contributed by atoms with Crippen molar-refractivity contribution in [3.63, 3.8) is 0 Å². The number of benzene rings is 1. The van der Waals surface area contributed by atoms with Crippen molar-refractivity contribution < 1.29 is 4.79 Å². The maximum atomic E-state index is 11.6. The van der Waals surface area contributed by atoms with Crippen LogP contribution in [0.4, 0.5) is 5.69 Å². The van der Waals surface area contributed by atoms with Gasteiger partial charge in [0.15, 0.2) is 0 Å². The van der Waals surface area contributed by atoms with E-state index < -0.39 is 0 Å². The van der Waals surface area contributed by atoms with Gasteiger partial charge in [-0.1, -0.05) is 0 Å². The number of nitrogens with two attached hydrogens (primary N) is 1. The predicted molar refractivity (Wildman–Crippen MR) is 63.8 cm³/mol. The average Bonchev–Trinajstić information content (AvgIpc) is 2.59. The Morgan fingerprint density at radius 3 is 2.88 bits per heavy atom. The van der Waals surface area contributed by atoms with E-state index in [4.69, 9.17) is 11.0 Å². The molecule has 0 aliphatic carbocycles. The summed E-state index contributed by atoms with van der Waals surface area (Å²) >= 11 is 3.28. The molecule has 1 heterocycles. The molecule has 1 aliphatic heterocycles. The fraction of sp³-hybridized carbons (Fsp3) is 0.273. The van der Waals surface area contributed by atoms with Crippen LogP contribution in [0.1, 0.15) is 12.0 Å². The van der Waals surface area contributed by atoms with Crippen LogP contribution in [-0.2, 0) is 4.79 Å². The summed E-state index contributed by atoms with van der Waals surface area (Å²) in [7, 11) is 0. The molecule has 1 amide bonds. The SMILES string of the molecule is N#Cc1cc(N2CC(N)CC2=O)ccc1Br. The minimum atomic E-state index is -0.110. The lowest BCUT2D eigenvalue weighted by molar-refractivity contribution is -0.117. The molecule has 1 aromatic rings. The lowest BCUT2D eigenvalue weighted by Crippen LogP contribution is -2.27. The number of hydrogen-bond donors (Lipinski definition) is 1. The molecule has 0 saturated carbocycles. The Bertz CT molecular complexity index is 481. The molecule has 16 heavy (non-hydrogen) atoms. The number of halogens is 1. The van der Waals surface area contributed by atoms with Crippen LogP contribution in [0.2, 0.25) is 0 Å². The van der Waals surface area contributed by atoms with Crippen molar-refractivity contribution in [2.75, 3.05) is 11.4 Å². The standard InChI is InChI=1S/C11H10BrN3O/c12-10-2-1-9(3-7(10)5-13)15-6-8(14)4-11(15)16/h1-3,8H,4,6,14H2. The molecule has 0 aromatic heterocycles. The van der Waals surface area contributed by atoms with Crippen LogP contribution >= 0.6 is 15.9 Å². The average molecular weight is 280 g/mol. The van der Waals surface area contributed by atoms with E-state index in [0.717, 1.165) is 10.2 Å². The molecule has 4 nitrogen and oxygen atoms in total. The van der Waals surface area contributed by atoms with Crippen molar-refractivity contribution in [1.29, 1.82) is 5.26 Å². The summed E-state index contributed by atoms with van der Waals surface area (Å²) in [5.74, 6) is 0.0127. The molecule has 5 heteroatoms. The smallest absolute Gasteiger partial charge is 0.228 e. The number of carbonyl (C=O) groups is 1. The Kier molecular flexibility index (Phi) is 2.95. The molecule has 1 aliphatic rings. The summed E-state index contributed by atoms with van der Waals surface area (Å²) in [5.41, 5.74) is 6.97. The van der Waals surface area contributed by atoms with E-state index in [-0.39, 0.29) is 11.9 Å². The monoisotopic (exact) mass is 279 g/mol. The predicted octanol–water partition coefficient (Wildman–Crippen LogP) is 1.38. The number of hydrogen-bond acceptors (Lipinski definition) is 3. The van der Waals surface area contributed by atoms with Crippen LogP contribution in [0.3, 0.4) is 0 Å². The molecular formula is C11H10BrN3O. The summed E-state index contributed by atoms with van der Waals surface area (Å²) in [6.07, 6.45) is 0.373. The van der Waals surface area contributed by atoms with Gasteiger partial charge < -0.3 is 10.6 Å². The second kappa shape index (κ2) is 4.24. The molecule has 1 fully saturated rings. The van der Waals surface area contributed by atoms with Gasteiger partial charge in [-0.05, 0) is 34.1 Å². The van der Waals surface area contributed by atoms with Gasteiger partial charge in [-0.3, -0.25) is 4.79 Å². The fourth-order valence-electron chi connectivity index (χ4n) is 1.75. The van der Waals surface area contributed by atoms with Crippen molar-refractivity contribution in [1.82, 2.24) is 0 Å². The Morgan fingerprint density at radius 1 is 1.56 bits per heavy atom. The normalized spacial score (nSPS) is 19.9. The first kappa shape index (κ1) is 11.1. The zero-order valence-corrected chi connectivity index (χ0v) is 10.1. The molecule has 0 bridgehead atoms. The van der Waals surface area contributed by atoms with Crippen molar-refractivity contribution in [2.45, 2.75) is 12.5 Å². The Hall–Kier alpha value is -1.38. The Morgan fingerprint density at radius 2 is 2.31 bits per heavy atom. The first-order valence-electron chi connectivity index (χ1n) is 4.87. The summed E-state index contributed by atoms with van der Waals surface area (Å²) in [5, 5.41) is 8.90. The van der Waals surface area contributed by atoms with E-state index in [2.05, 4.69) is 22.0 Å². The Balaban J connectivity index is 2.35. The summed E-state index contributed by atoms with van der Waals surface area (Å²) in [4.78, 5) is 13.2. The van der Waals surface area contributed by atoms with Crippen molar-refractivity contribution in [3.8, 4) is 6.07 Å². The van der Waals surface area contributed by atoms with Gasteiger partial charge in [0.25, 0.3) is 0 Å². The van der Waals surface area contributed by atoms with E-state index in [9.17, 15) is 4.79 Å². The number of nitrogens with zero attached hydrogens (tertiary/aromatic N) is 2. The van der Waals surface area contributed by atoms with Crippen molar-refractivity contribution in [3.05, 3.63) is 28.2 Å². The van der Waals surface area contributed by atoms with Crippen LogP contribution < -0.4 is 10.6 Å². The Labute approximate surface area is 102 Å². The molecule has 1 unspecified atom stereocenters. The second-order valence-corrected chi connectivity index (χ2v) is 4.60. The lowest BCUT2D eigenvalue weighted by Gasteiger charge is -2.16. The van der Waals surface area contributed by atoms with Gasteiger partial charge in [0, 0.05) is 29.2 Å². The summed E-state index contributed by atoms with van der Waals surface area (Å²) in [6, 6.07) is 7.23. The highest BCUT2D eigenvalue weighted by atomic mass is 79.9. The molecule has 1 aromatic carbocycles. The highest BCUT2D eigenvalue weighted by molar-refractivity contribution is 9.10. The summed E-state index contributed by atoms with van der Waals surface area (Å²) in [6.45, 7) is 0.519. The maximum Gasteiger partial charge on any atom is 0.228 e. The zero-order valence-electron chi connectivity index (χ0n) is 8.48. The molecule has 1 saturated heterocycles. The lowest BCUT2D eigenvalue weighted by atomic mass is 10.2. The van der Waals surface area contributed by atoms with Gasteiger partial charge in [0.1, 0.15) is 6.07 Å². The second-order valence-electron chi connectivity index (χ2n) is 3.74. The van der Waals surface area contributed by atoms with Crippen LogP contribution in [0.5, 0.6) is 0 Å². The molecule has 2 N–H and O–H groups in total. The molecule has 2 rings (SSSR count). The van der Waals surface area contributed by atoms with Crippen molar-refractivity contribution >= 4 is 27.5 Å².